The molecular weight excluding hydrogens is 226 g/mol. The van der Waals surface area contributed by atoms with E-state index >= 15 is 0 Å². The van der Waals surface area contributed by atoms with Crippen molar-refractivity contribution >= 4 is 10.2 Å². The van der Waals surface area contributed by atoms with Crippen molar-refractivity contribution in [2.75, 3.05) is 13.6 Å². The number of aromatic nitrogens is 1. The highest BCUT2D eigenvalue weighted by atomic mass is 32.2. The molecule has 16 heavy (non-hydrogen) atoms. The summed E-state index contributed by atoms with van der Waals surface area (Å²) in [7, 11) is -1.90. The summed E-state index contributed by atoms with van der Waals surface area (Å²) in [4.78, 5) is 4.03. The molecule has 0 spiro atoms. The van der Waals surface area contributed by atoms with Crippen LogP contribution in [0.25, 0.3) is 0 Å². The van der Waals surface area contributed by atoms with Gasteiger partial charge in [0.2, 0.25) is 0 Å². The normalized spacial score (nSPS) is 22.4. The van der Waals surface area contributed by atoms with Gasteiger partial charge in [0.05, 0.1) is 6.04 Å². The van der Waals surface area contributed by atoms with Crippen molar-refractivity contribution in [1.29, 1.82) is 0 Å². The van der Waals surface area contributed by atoms with Gasteiger partial charge in [-0.1, -0.05) is 6.07 Å². The highest BCUT2D eigenvalue weighted by Gasteiger charge is 2.34. The van der Waals surface area contributed by atoms with Crippen molar-refractivity contribution < 1.29 is 8.42 Å². The van der Waals surface area contributed by atoms with E-state index in [1.165, 1.54) is 11.4 Å². The Bertz CT molecular complexity index is 446. The lowest BCUT2D eigenvalue weighted by atomic mass is 10.1. The van der Waals surface area contributed by atoms with Gasteiger partial charge in [-0.15, -0.1) is 0 Å². The molecular formula is C10H15N3O2S. The maximum absolute atomic E-state index is 11.8. The van der Waals surface area contributed by atoms with E-state index in [4.69, 9.17) is 0 Å². The van der Waals surface area contributed by atoms with E-state index < -0.39 is 10.2 Å². The Morgan fingerprint density at radius 1 is 1.56 bits per heavy atom. The molecule has 1 aliphatic rings. The van der Waals surface area contributed by atoms with Crippen molar-refractivity contribution in [1.82, 2.24) is 14.0 Å². The number of nitrogens with zero attached hydrogens (tertiary/aromatic N) is 2. The highest BCUT2D eigenvalue weighted by Crippen LogP contribution is 2.32. The van der Waals surface area contributed by atoms with Crippen LogP contribution >= 0.6 is 0 Å². The van der Waals surface area contributed by atoms with Crippen LogP contribution in [-0.4, -0.2) is 31.3 Å². The Morgan fingerprint density at radius 3 is 3.00 bits per heavy atom. The molecule has 1 N–H and O–H groups in total. The lowest BCUT2D eigenvalue weighted by Gasteiger charge is -2.23. The number of nitrogens with one attached hydrogen (secondary N) is 1. The first-order valence-electron chi connectivity index (χ1n) is 5.25. The quantitative estimate of drug-likeness (QED) is 0.846. The van der Waals surface area contributed by atoms with Gasteiger partial charge in [-0.2, -0.15) is 12.7 Å². The zero-order valence-corrected chi connectivity index (χ0v) is 9.94. The molecule has 6 heteroatoms. The molecule has 1 aromatic rings. The fourth-order valence-electron chi connectivity index (χ4n) is 2.05. The summed E-state index contributed by atoms with van der Waals surface area (Å²) in [6, 6.07) is 3.67. The smallest absolute Gasteiger partial charge is 0.264 e. The first-order chi connectivity index (χ1) is 7.65. The lowest BCUT2D eigenvalue weighted by Crippen LogP contribution is -2.38. The van der Waals surface area contributed by atoms with Crippen LogP contribution in [0.15, 0.2) is 24.5 Å². The number of hydrogen-bond donors (Lipinski definition) is 1. The molecule has 0 radical (unpaired) electrons. The van der Waals surface area contributed by atoms with Gasteiger partial charge in [0.1, 0.15) is 0 Å². The molecule has 0 aliphatic carbocycles. The summed E-state index contributed by atoms with van der Waals surface area (Å²) in [5, 5.41) is 0. The van der Waals surface area contributed by atoms with Crippen molar-refractivity contribution in [3.05, 3.63) is 30.1 Å². The van der Waals surface area contributed by atoms with E-state index in [-0.39, 0.29) is 6.04 Å². The average molecular weight is 241 g/mol. The molecule has 0 saturated carbocycles. The van der Waals surface area contributed by atoms with Crippen LogP contribution in [0.4, 0.5) is 0 Å². The molecule has 88 valence electrons. The first kappa shape index (κ1) is 11.5. The van der Waals surface area contributed by atoms with E-state index in [2.05, 4.69) is 9.71 Å². The summed E-state index contributed by atoms with van der Waals surface area (Å²) in [5.41, 5.74) is 0.957. The van der Waals surface area contributed by atoms with Gasteiger partial charge >= 0.3 is 0 Å². The standard InChI is InChI=1S/C10H15N3O2S/c1-11-16(14,15)13-7-3-5-10(13)9-4-2-6-12-8-9/h2,4,6,8,10-11H,3,5,7H2,1H3. The molecule has 0 bridgehead atoms. The summed E-state index contributed by atoms with van der Waals surface area (Å²) in [6.07, 6.45) is 5.16. The Labute approximate surface area is 95.7 Å². The second-order valence-electron chi connectivity index (χ2n) is 3.76. The van der Waals surface area contributed by atoms with Gasteiger partial charge in [0, 0.05) is 26.0 Å². The number of pyridine rings is 1. The van der Waals surface area contributed by atoms with Gasteiger partial charge in [0.25, 0.3) is 10.2 Å². The third-order valence-corrected chi connectivity index (χ3v) is 4.41. The molecule has 1 fully saturated rings. The molecule has 0 aromatic carbocycles. The Hall–Kier alpha value is -0.980. The topological polar surface area (TPSA) is 62.3 Å². The third kappa shape index (κ3) is 2.09. The Kier molecular flexibility index (Phi) is 3.22. The maximum atomic E-state index is 11.8. The lowest BCUT2D eigenvalue weighted by molar-refractivity contribution is 0.391. The summed E-state index contributed by atoms with van der Waals surface area (Å²) < 4.78 is 27.4. The molecule has 1 atom stereocenters. The number of hydrogen-bond acceptors (Lipinski definition) is 3. The fraction of sp³-hybridized carbons (Fsp3) is 0.500. The summed E-state index contributed by atoms with van der Waals surface area (Å²) >= 11 is 0. The van der Waals surface area contributed by atoms with Crippen LogP contribution in [-0.2, 0) is 10.2 Å². The highest BCUT2D eigenvalue weighted by molar-refractivity contribution is 7.87. The first-order valence-corrected chi connectivity index (χ1v) is 6.69. The van der Waals surface area contributed by atoms with Crippen molar-refractivity contribution in [2.24, 2.45) is 0 Å². The molecule has 1 aromatic heterocycles. The van der Waals surface area contributed by atoms with Crippen molar-refractivity contribution in [2.45, 2.75) is 18.9 Å². The van der Waals surface area contributed by atoms with Gasteiger partial charge < -0.3 is 0 Å². The summed E-state index contributed by atoms with van der Waals surface area (Å²) in [5.74, 6) is 0. The SMILES string of the molecule is CNS(=O)(=O)N1CCCC1c1cccnc1. The minimum absolute atomic E-state index is 0.0776. The van der Waals surface area contributed by atoms with Gasteiger partial charge in [-0.05, 0) is 24.5 Å². The second-order valence-corrected chi connectivity index (χ2v) is 5.59. The molecule has 1 unspecified atom stereocenters. The third-order valence-electron chi connectivity index (χ3n) is 2.84. The van der Waals surface area contributed by atoms with Gasteiger partial charge in [-0.3, -0.25) is 4.98 Å². The zero-order chi connectivity index (χ0) is 11.6. The molecule has 2 rings (SSSR count). The van der Waals surface area contributed by atoms with E-state index in [1.807, 2.05) is 12.1 Å². The predicted molar refractivity (Wildman–Crippen MR) is 60.9 cm³/mol. The van der Waals surface area contributed by atoms with E-state index in [1.54, 1.807) is 12.4 Å². The van der Waals surface area contributed by atoms with Crippen LogP contribution in [0.3, 0.4) is 0 Å². The van der Waals surface area contributed by atoms with Crippen LogP contribution in [0.1, 0.15) is 24.4 Å². The fourth-order valence-corrected chi connectivity index (χ4v) is 3.22. The molecule has 2 heterocycles. The molecule has 0 amide bonds. The number of rotatable bonds is 3. The largest absolute Gasteiger partial charge is 0.279 e. The van der Waals surface area contributed by atoms with Crippen LogP contribution < -0.4 is 4.72 Å². The second kappa shape index (κ2) is 4.48. The van der Waals surface area contributed by atoms with Crippen molar-refractivity contribution in [3.63, 3.8) is 0 Å². The van der Waals surface area contributed by atoms with Crippen LogP contribution in [0.2, 0.25) is 0 Å². The molecule has 1 aliphatic heterocycles. The van der Waals surface area contributed by atoms with Crippen LogP contribution in [0, 0.1) is 0 Å². The van der Waals surface area contributed by atoms with Crippen molar-refractivity contribution in [3.8, 4) is 0 Å². The van der Waals surface area contributed by atoms with E-state index in [0.717, 1.165) is 18.4 Å². The minimum atomic E-state index is -3.34. The zero-order valence-electron chi connectivity index (χ0n) is 9.13. The van der Waals surface area contributed by atoms with E-state index in [0.29, 0.717) is 6.54 Å². The average Bonchev–Trinajstić information content (AvgIpc) is 2.80. The van der Waals surface area contributed by atoms with Gasteiger partial charge in [0.15, 0.2) is 0 Å². The Morgan fingerprint density at radius 2 is 2.38 bits per heavy atom. The predicted octanol–water partition coefficient (Wildman–Crippen LogP) is 0.683. The molecule has 1 saturated heterocycles. The monoisotopic (exact) mass is 241 g/mol. The molecule has 5 nitrogen and oxygen atoms in total. The summed E-state index contributed by atoms with van der Waals surface area (Å²) in [6.45, 7) is 0.572. The maximum Gasteiger partial charge on any atom is 0.279 e. The van der Waals surface area contributed by atoms with Crippen LogP contribution in [0.5, 0.6) is 0 Å². The van der Waals surface area contributed by atoms with E-state index in [9.17, 15) is 8.42 Å². The van der Waals surface area contributed by atoms with Gasteiger partial charge in [-0.25, -0.2) is 4.72 Å². The minimum Gasteiger partial charge on any atom is -0.264 e. The Balaban J connectivity index is 2.29.